The predicted octanol–water partition coefficient (Wildman–Crippen LogP) is -0.760. The number of carbonyl (C=O) groups excluding carboxylic acids is 4. The van der Waals surface area contributed by atoms with E-state index >= 15 is 0 Å². The lowest BCUT2D eigenvalue weighted by atomic mass is 9.96. The van der Waals surface area contributed by atoms with Crippen LogP contribution >= 0.6 is 0 Å². The summed E-state index contributed by atoms with van der Waals surface area (Å²) < 4.78 is 2.01. The van der Waals surface area contributed by atoms with Gasteiger partial charge in [0, 0.05) is 32.1 Å². The third-order valence-corrected chi connectivity index (χ3v) is 8.92. The minimum absolute atomic E-state index is 0.0410. The van der Waals surface area contributed by atoms with E-state index in [0.717, 1.165) is 25.2 Å². The lowest BCUT2D eigenvalue weighted by Gasteiger charge is -2.34. The van der Waals surface area contributed by atoms with Crippen LogP contribution < -0.4 is 16.4 Å². The smallest absolute Gasteiger partial charge is 0.243 e. The van der Waals surface area contributed by atoms with E-state index in [1.165, 1.54) is 5.56 Å². The summed E-state index contributed by atoms with van der Waals surface area (Å²) in [5.74, 6) is -1.27. The van der Waals surface area contributed by atoms with Crippen LogP contribution in [0.3, 0.4) is 0 Å². The summed E-state index contributed by atoms with van der Waals surface area (Å²) in [7, 11) is 0. The molecule has 0 aromatic carbocycles. The lowest BCUT2D eigenvalue weighted by Crippen LogP contribution is -2.56. The van der Waals surface area contributed by atoms with E-state index in [0.29, 0.717) is 26.1 Å². The fraction of sp³-hybridized carbons (Fsp3) is 0.720. The van der Waals surface area contributed by atoms with Crippen LogP contribution in [0.5, 0.6) is 0 Å². The molecule has 0 spiro atoms. The lowest BCUT2D eigenvalue weighted by molar-refractivity contribution is -0.142. The van der Waals surface area contributed by atoms with Gasteiger partial charge in [0.2, 0.25) is 23.6 Å². The summed E-state index contributed by atoms with van der Waals surface area (Å²) in [4.78, 5) is 55.0. The van der Waals surface area contributed by atoms with Gasteiger partial charge in [-0.2, -0.15) is 5.10 Å². The highest BCUT2D eigenvalue weighted by Gasteiger charge is 2.69. The van der Waals surface area contributed by atoms with Crippen molar-refractivity contribution in [3.05, 3.63) is 17.5 Å². The van der Waals surface area contributed by atoms with Crippen molar-refractivity contribution in [2.24, 2.45) is 28.9 Å². The molecule has 1 aromatic heterocycles. The van der Waals surface area contributed by atoms with E-state index in [9.17, 15) is 19.2 Å². The van der Waals surface area contributed by atoms with E-state index in [1.807, 2.05) is 10.9 Å². The average Bonchev–Trinajstić information content (AvgIpc) is 3.33. The molecule has 3 aliphatic heterocycles. The largest absolute Gasteiger partial charge is 0.368 e. The van der Waals surface area contributed by atoms with E-state index in [4.69, 9.17) is 5.73 Å². The van der Waals surface area contributed by atoms with Crippen LogP contribution in [0.15, 0.2) is 6.20 Å². The number of likely N-dealkylation sites (tertiary alicyclic amines) is 1. The van der Waals surface area contributed by atoms with Crippen LogP contribution in [0.2, 0.25) is 0 Å². The number of hydrogen-bond donors (Lipinski definition) is 3. The van der Waals surface area contributed by atoms with Gasteiger partial charge in [-0.1, -0.05) is 20.8 Å². The molecule has 2 saturated heterocycles. The van der Waals surface area contributed by atoms with Gasteiger partial charge in [0.25, 0.3) is 0 Å². The molecule has 1 unspecified atom stereocenters. The van der Waals surface area contributed by atoms with E-state index in [1.54, 1.807) is 4.90 Å². The number of aromatic nitrogens is 2. The van der Waals surface area contributed by atoms with Crippen LogP contribution in [-0.2, 0) is 38.7 Å². The molecule has 4 N–H and O–H groups in total. The highest BCUT2D eigenvalue weighted by atomic mass is 16.2. The van der Waals surface area contributed by atoms with Crippen molar-refractivity contribution < 1.29 is 19.2 Å². The molecule has 5 rings (SSSR count). The Hall–Kier alpha value is -2.95. The van der Waals surface area contributed by atoms with Crippen molar-refractivity contribution in [3.63, 3.8) is 0 Å². The number of piperidine rings is 1. The highest BCUT2D eigenvalue weighted by molar-refractivity contribution is 5.93. The van der Waals surface area contributed by atoms with Crippen molar-refractivity contribution in [3.8, 4) is 0 Å². The zero-order valence-corrected chi connectivity index (χ0v) is 21.3. The molecule has 4 heterocycles. The van der Waals surface area contributed by atoms with E-state index in [-0.39, 0.29) is 53.9 Å². The molecule has 5 atom stereocenters. The molecular weight excluding hydrogens is 462 g/mol. The van der Waals surface area contributed by atoms with Crippen molar-refractivity contribution in [2.45, 2.75) is 65.2 Å². The zero-order valence-electron chi connectivity index (χ0n) is 21.3. The minimum Gasteiger partial charge on any atom is -0.368 e. The average molecular weight is 500 g/mol. The highest BCUT2D eigenvalue weighted by Crippen LogP contribution is 2.64. The molecule has 1 aliphatic carbocycles. The van der Waals surface area contributed by atoms with Crippen LogP contribution in [0.25, 0.3) is 0 Å². The zero-order chi connectivity index (χ0) is 25.8. The summed E-state index contributed by atoms with van der Waals surface area (Å²) in [6.45, 7) is 9.79. The van der Waals surface area contributed by atoms with Crippen LogP contribution in [0, 0.1) is 23.2 Å². The van der Waals surface area contributed by atoms with Gasteiger partial charge in [-0.15, -0.1) is 0 Å². The molecule has 0 radical (unpaired) electrons. The fourth-order valence-electron chi connectivity index (χ4n) is 6.57. The number of nitrogens with one attached hydrogen (secondary N) is 2. The number of hydrogen-bond acceptors (Lipinski definition) is 6. The Bertz CT molecular complexity index is 1070. The number of fused-ring (bicyclic) bond motifs is 2. The number of carbonyl (C=O) groups is 4. The Labute approximate surface area is 211 Å². The first kappa shape index (κ1) is 24.7. The Morgan fingerprint density at radius 1 is 1.31 bits per heavy atom. The molecule has 11 nitrogen and oxygen atoms in total. The SMILES string of the molecule is CCc1cnn2c1CN(CC(=O)N1C[C@H]3[C@@H]([C@H]1C(=O)NC(C[C@@H]1CCNC1=O)C(N)=O)C3(C)C)CC2. The first-order valence-electron chi connectivity index (χ1n) is 13.0. The first-order valence-corrected chi connectivity index (χ1v) is 13.0. The molecule has 4 aliphatic rings. The molecule has 1 saturated carbocycles. The first-order chi connectivity index (χ1) is 17.1. The number of rotatable bonds is 8. The van der Waals surface area contributed by atoms with Gasteiger partial charge >= 0.3 is 0 Å². The normalized spacial score (nSPS) is 29.3. The Kier molecular flexibility index (Phi) is 6.30. The van der Waals surface area contributed by atoms with Crippen LogP contribution in [0.1, 0.15) is 44.9 Å². The second-order valence-electron chi connectivity index (χ2n) is 11.3. The minimum atomic E-state index is -0.945. The number of aryl methyl sites for hydroxylation is 1. The van der Waals surface area contributed by atoms with Gasteiger partial charge in [-0.05, 0) is 42.1 Å². The van der Waals surface area contributed by atoms with Crippen molar-refractivity contribution in [1.82, 2.24) is 30.2 Å². The molecule has 0 bridgehead atoms. The monoisotopic (exact) mass is 499 g/mol. The maximum atomic E-state index is 13.5. The molecule has 196 valence electrons. The summed E-state index contributed by atoms with van der Waals surface area (Å²) in [6.07, 6.45) is 3.58. The number of primary amides is 1. The van der Waals surface area contributed by atoms with Crippen LogP contribution in [0.4, 0.5) is 0 Å². The molecule has 36 heavy (non-hydrogen) atoms. The van der Waals surface area contributed by atoms with E-state index < -0.39 is 18.0 Å². The maximum absolute atomic E-state index is 13.5. The van der Waals surface area contributed by atoms with E-state index in [2.05, 4.69) is 41.4 Å². The second-order valence-corrected chi connectivity index (χ2v) is 11.3. The Morgan fingerprint density at radius 2 is 2.08 bits per heavy atom. The van der Waals surface area contributed by atoms with Gasteiger partial charge in [-0.3, -0.25) is 28.8 Å². The van der Waals surface area contributed by atoms with Gasteiger partial charge in [0.1, 0.15) is 12.1 Å². The Morgan fingerprint density at radius 3 is 2.75 bits per heavy atom. The molecule has 1 aromatic rings. The van der Waals surface area contributed by atoms with Gasteiger partial charge < -0.3 is 21.3 Å². The number of nitrogens with zero attached hydrogens (tertiary/aromatic N) is 4. The van der Waals surface area contributed by atoms with Crippen molar-refractivity contribution >= 4 is 23.6 Å². The van der Waals surface area contributed by atoms with Crippen LogP contribution in [-0.4, -0.2) is 81.5 Å². The summed E-state index contributed by atoms with van der Waals surface area (Å²) >= 11 is 0. The topological polar surface area (TPSA) is 143 Å². The van der Waals surface area contributed by atoms with Gasteiger partial charge in [0.05, 0.1) is 25.0 Å². The van der Waals surface area contributed by atoms with Crippen molar-refractivity contribution in [2.75, 3.05) is 26.2 Å². The number of amides is 4. The second kappa shape index (κ2) is 9.17. The summed E-state index contributed by atoms with van der Waals surface area (Å²) in [5.41, 5.74) is 7.90. The van der Waals surface area contributed by atoms with Gasteiger partial charge in [-0.25, -0.2) is 0 Å². The third kappa shape index (κ3) is 4.27. The maximum Gasteiger partial charge on any atom is 0.243 e. The molecule has 11 heteroatoms. The summed E-state index contributed by atoms with van der Waals surface area (Å²) in [6, 6.07) is -1.59. The Balaban J connectivity index is 1.27. The standard InChI is InChI=1S/C25H37N7O4/c1-4-14-10-28-32-8-7-30(12-18(14)32)13-19(33)31-11-16-20(25(16,2)3)21(31)24(36)29-17(22(26)34)9-15-5-6-27-23(15)35/h10,15-17,20-21H,4-9,11-13H2,1-3H3,(H2,26,34)(H,27,35)(H,29,36)/t15-,16-,17?,20-,21-/m0/s1. The number of nitrogens with two attached hydrogens (primary N) is 1. The molecule has 4 amide bonds. The molecular formula is C25H37N7O4. The third-order valence-electron chi connectivity index (χ3n) is 8.92. The van der Waals surface area contributed by atoms with Crippen molar-refractivity contribution in [1.29, 1.82) is 0 Å². The predicted molar refractivity (Wildman–Crippen MR) is 130 cm³/mol. The molecule has 3 fully saturated rings. The fourth-order valence-corrected chi connectivity index (χ4v) is 6.57. The summed E-state index contributed by atoms with van der Waals surface area (Å²) in [5, 5.41) is 10.0. The van der Waals surface area contributed by atoms with Gasteiger partial charge in [0.15, 0.2) is 0 Å². The quantitative estimate of drug-likeness (QED) is 0.429.